The van der Waals surface area contributed by atoms with Gasteiger partial charge in [-0.25, -0.2) is 9.82 Å². The number of unbranched alkanes of at least 4 members (excludes halogenated alkanes) is 3. The number of hydrogen-bond acceptors (Lipinski definition) is 2. The van der Waals surface area contributed by atoms with Crippen LogP contribution < -0.4 is 5.43 Å². The Kier molecular flexibility index (Phi) is 6.69. The van der Waals surface area contributed by atoms with E-state index in [-0.39, 0.29) is 11.7 Å². The van der Waals surface area contributed by atoms with E-state index >= 15 is 0 Å². The van der Waals surface area contributed by atoms with E-state index in [9.17, 15) is 9.18 Å². The SMILES string of the molecule is CCCCCCC(=O)NN=Cc1cccc(F)c1. The van der Waals surface area contributed by atoms with E-state index in [2.05, 4.69) is 17.5 Å². The maximum absolute atomic E-state index is 12.8. The maximum Gasteiger partial charge on any atom is 0.240 e. The molecule has 0 radical (unpaired) electrons. The number of amides is 1. The van der Waals surface area contributed by atoms with Crippen LogP contribution in [0.25, 0.3) is 0 Å². The standard InChI is InChI=1S/C14H19FN2O/c1-2-3-4-5-9-14(18)17-16-11-12-7-6-8-13(15)10-12/h6-8,10-11H,2-5,9H2,1H3,(H,17,18). The Morgan fingerprint density at radius 2 is 2.22 bits per heavy atom. The maximum atomic E-state index is 12.8. The fraction of sp³-hybridized carbons (Fsp3) is 0.429. The largest absolute Gasteiger partial charge is 0.273 e. The number of carbonyl (C=O) groups is 1. The van der Waals surface area contributed by atoms with Gasteiger partial charge in [-0.05, 0) is 24.1 Å². The summed E-state index contributed by atoms with van der Waals surface area (Å²) in [5, 5.41) is 3.79. The summed E-state index contributed by atoms with van der Waals surface area (Å²) in [6.07, 6.45) is 6.18. The molecule has 1 rings (SSSR count). The van der Waals surface area contributed by atoms with Gasteiger partial charge in [0.05, 0.1) is 6.21 Å². The third kappa shape index (κ3) is 6.13. The summed E-state index contributed by atoms with van der Waals surface area (Å²) in [4.78, 5) is 11.4. The number of hydrazone groups is 1. The summed E-state index contributed by atoms with van der Waals surface area (Å²) in [6, 6.07) is 6.05. The van der Waals surface area contributed by atoms with Crippen molar-refractivity contribution in [3.63, 3.8) is 0 Å². The van der Waals surface area contributed by atoms with Crippen molar-refractivity contribution < 1.29 is 9.18 Å². The number of nitrogens with one attached hydrogen (secondary N) is 1. The van der Waals surface area contributed by atoms with Crippen molar-refractivity contribution in [3.8, 4) is 0 Å². The van der Waals surface area contributed by atoms with Crippen LogP contribution in [0, 0.1) is 5.82 Å². The lowest BCUT2D eigenvalue weighted by molar-refractivity contribution is -0.121. The Hall–Kier alpha value is -1.71. The van der Waals surface area contributed by atoms with Crippen LogP contribution in [0.2, 0.25) is 0 Å². The normalized spacial score (nSPS) is 10.8. The van der Waals surface area contributed by atoms with Gasteiger partial charge in [0, 0.05) is 6.42 Å². The molecular weight excluding hydrogens is 231 g/mol. The second kappa shape index (κ2) is 8.39. The number of hydrogen-bond donors (Lipinski definition) is 1. The molecule has 0 spiro atoms. The van der Waals surface area contributed by atoms with Crippen molar-refractivity contribution in [2.45, 2.75) is 39.0 Å². The average Bonchev–Trinajstić information content (AvgIpc) is 2.35. The van der Waals surface area contributed by atoms with Gasteiger partial charge in [-0.3, -0.25) is 4.79 Å². The van der Waals surface area contributed by atoms with Crippen molar-refractivity contribution in [1.29, 1.82) is 0 Å². The van der Waals surface area contributed by atoms with Gasteiger partial charge >= 0.3 is 0 Å². The summed E-state index contributed by atoms with van der Waals surface area (Å²) in [7, 11) is 0. The van der Waals surface area contributed by atoms with Crippen LogP contribution in [0.1, 0.15) is 44.6 Å². The number of benzene rings is 1. The van der Waals surface area contributed by atoms with Gasteiger partial charge in [0.25, 0.3) is 0 Å². The first-order valence-corrected chi connectivity index (χ1v) is 6.30. The van der Waals surface area contributed by atoms with Crippen molar-refractivity contribution >= 4 is 12.1 Å². The molecule has 98 valence electrons. The molecule has 0 aliphatic carbocycles. The predicted octanol–water partition coefficient (Wildman–Crippen LogP) is 3.25. The first kappa shape index (κ1) is 14.4. The predicted molar refractivity (Wildman–Crippen MR) is 70.9 cm³/mol. The molecule has 0 bridgehead atoms. The van der Waals surface area contributed by atoms with Crippen molar-refractivity contribution in [3.05, 3.63) is 35.6 Å². The third-order valence-electron chi connectivity index (χ3n) is 2.51. The molecule has 18 heavy (non-hydrogen) atoms. The molecule has 0 saturated heterocycles. The summed E-state index contributed by atoms with van der Waals surface area (Å²) < 4.78 is 12.8. The van der Waals surface area contributed by atoms with E-state index in [1.54, 1.807) is 12.1 Å². The van der Waals surface area contributed by atoms with Gasteiger partial charge in [-0.1, -0.05) is 38.3 Å². The Labute approximate surface area is 107 Å². The number of rotatable bonds is 7. The Morgan fingerprint density at radius 1 is 1.39 bits per heavy atom. The molecule has 1 aromatic carbocycles. The van der Waals surface area contributed by atoms with E-state index in [0.29, 0.717) is 12.0 Å². The first-order valence-electron chi connectivity index (χ1n) is 6.30. The van der Waals surface area contributed by atoms with Gasteiger partial charge < -0.3 is 0 Å². The van der Waals surface area contributed by atoms with Crippen LogP contribution in [-0.2, 0) is 4.79 Å². The minimum absolute atomic E-state index is 0.0984. The molecule has 4 heteroatoms. The quantitative estimate of drug-likeness (QED) is 0.450. The molecule has 1 aromatic rings. The van der Waals surface area contributed by atoms with Gasteiger partial charge in [0.2, 0.25) is 5.91 Å². The smallest absolute Gasteiger partial charge is 0.240 e. The average molecular weight is 250 g/mol. The first-order chi connectivity index (χ1) is 8.72. The number of halogens is 1. The monoisotopic (exact) mass is 250 g/mol. The fourth-order valence-electron chi connectivity index (χ4n) is 1.53. The lowest BCUT2D eigenvalue weighted by atomic mass is 10.1. The number of nitrogens with zero attached hydrogens (tertiary/aromatic N) is 1. The Balaban J connectivity index is 2.25. The minimum atomic E-state index is -0.315. The minimum Gasteiger partial charge on any atom is -0.273 e. The molecular formula is C14H19FN2O. The summed E-state index contributed by atoms with van der Waals surface area (Å²) in [6.45, 7) is 2.13. The molecule has 1 N–H and O–H groups in total. The van der Waals surface area contributed by atoms with Crippen LogP contribution in [0.15, 0.2) is 29.4 Å². The lowest BCUT2D eigenvalue weighted by Crippen LogP contribution is -2.16. The molecule has 0 aliphatic heterocycles. The van der Waals surface area contributed by atoms with E-state index in [1.807, 2.05) is 0 Å². The molecule has 0 atom stereocenters. The highest BCUT2D eigenvalue weighted by atomic mass is 19.1. The van der Waals surface area contributed by atoms with Crippen LogP contribution in [0.4, 0.5) is 4.39 Å². The van der Waals surface area contributed by atoms with E-state index in [1.165, 1.54) is 18.3 Å². The summed E-state index contributed by atoms with van der Waals surface area (Å²) in [5.41, 5.74) is 3.06. The number of carbonyl (C=O) groups excluding carboxylic acids is 1. The molecule has 0 unspecified atom stereocenters. The lowest BCUT2D eigenvalue weighted by Gasteiger charge is -1.99. The summed E-state index contributed by atoms with van der Waals surface area (Å²) in [5.74, 6) is -0.413. The molecule has 1 amide bonds. The van der Waals surface area contributed by atoms with Crippen molar-refractivity contribution in [1.82, 2.24) is 5.43 Å². The topological polar surface area (TPSA) is 41.5 Å². The van der Waals surface area contributed by atoms with E-state index < -0.39 is 0 Å². The zero-order valence-corrected chi connectivity index (χ0v) is 10.7. The molecule has 0 aromatic heterocycles. The second-order valence-corrected chi connectivity index (χ2v) is 4.16. The van der Waals surface area contributed by atoms with Crippen LogP contribution in [0.5, 0.6) is 0 Å². The Morgan fingerprint density at radius 3 is 2.94 bits per heavy atom. The zero-order chi connectivity index (χ0) is 13.2. The van der Waals surface area contributed by atoms with Crippen LogP contribution >= 0.6 is 0 Å². The fourth-order valence-corrected chi connectivity index (χ4v) is 1.53. The highest BCUT2D eigenvalue weighted by molar-refractivity contribution is 5.82. The highest BCUT2D eigenvalue weighted by Crippen LogP contribution is 2.02. The highest BCUT2D eigenvalue weighted by Gasteiger charge is 1.98. The molecule has 0 fully saturated rings. The Bertz CT molecular complexity index is 405. The van der Waals surface area contributed by atoms with Gasteiger partial charge in [-0.2, -0.15) is 5.10 Å². The molecule has 0 heterocycles. The van der Waals surface area contributed by atoms with Gasteiger partial charge in [-0.15, -0.1) is 0 Å². The van der Waals surface area contributed by atoms with E-state index in [4.69, 9.17) is 0 Å². The van der Waals surface area contributed by atoms with Crippen molar-refractivity contribution in [2.24, 2.45) is 5.10 Å². The van der Waals surface area contributed by atoms with Gasteiger partial charge in [0.15, 0.2) is 0 Å². The van der Waals surface area contributed by atoms with Crippen LogP contribution in [0.3, 0.4) is 0 Å². The second-order valence-electron chi connectivity index (χ2n) is 4.16. The third-order valence-corrected chi connectivity index (χ3v) is 2.51. The molecule has 0 aliphatic rings. The van der Waals surface area contributed by atoms with Crippen molar-refractivity contribution in [2.75, 3.05) is 0 Å². The molecule has 0 saturated carbocycles. The van der Waals surface area contributed by atoms with E-state index in [0.717, 1.165) is 25.7 Å². The van der Waals surface area contributed by atoms with Crippen LogP contribution in [-0.4, -0.2) is 12.1 Å². The zero-order valence-electron chi connectivity index (χ0n) is 10.7. The van der Waals surface area contributed by atoms with Gasteiger partial charge in [0.1, 0.15) is 5.82 Å². The summed E-state index contributed by atoms with van der Waals surface area (Å²) >= 11 is 0. The molecule has 3 nitrogen and oxygen atoms in total.